The third-order valence-corrected chi connectivity index (χ3v) is 3.19. The van der Waals surface area contributed by atoms with Crippen LogP contribution in [0.15, 0.2) is 21.1 Å². The lowest BCUT2D eigenvalue weighted by Crippen LogP contribution is -1.95. The van der Waals surface area contributed by atoms with Crippen LogP contribution in [0, 0.1) is 6.92 Å². The lowest BCUT2D eigenvalue weighted by Gasteiger charge is -2.04. The molecule has 84 valence electrons. The van der Waals surface area contributed by atoms with Crippen LogP contribution in [0.3, 0.4) is 0 Å². The van der Waals surface area contributed by atoms with E-state index in [2.05, 4.69) is 26.1 Å². The van der Waals surface area contributed by atoms with Crippen molar-refractivity contribution in [2.45, 2.75) is 13.5 Å². The quantitative estimate of drug-likeness (QED) is 0.880. The van der Waals surface area contributed by atoms with Gasteiger partial charge in [-0.3, -0.25) is 0 Å². The molecule has 0 aliphatic rings. The summed E-state index contributed by atoms with van der Waals surface area (Å²) >= 11 is 3.29. The van der Waals surface area contributed by atoms with E-state index in [1.807, 2.05) is 13.0 Å². The second-order valence-electron chi connectivity index (χ2n) is 3.31. The van der Waals surface area contributed by atoms with Crippen molar-refractivity contribution in [2.24, 2.45) is 5.73 Å². The molecule has 3 N–H and O–H groups in total. The van der Waals surface area contributed by atoms with Crippen LogP contribution in [0.4, 0.5) is 0 Å². The van der Waals surface area contributed by atoms with Crippen molar-refractivity contribution in [2.75, 3.05) is 0 Å². The lowest BCUT2D eigenvalue weighted by molar-refractivity contribution is 0.380. The van der Waals surface area contributed by atoms with E-state index in [1.165, 1.54) is 0 Å². The summed E-state index contributed by atoms with van der Waals surface area (Å²) in [5.74, 6) is 0.772. The summed E-state index contributed by atoms with van der Waals surface area (Å²) in [7, 11) is 0. The molecule has 0 bridgehead atoms. The fourth-order valence-corrected chi connectivity index (χ4v) is 1.64. The summed E-state index contributed by atoms with van der Waals surface area (Å²) < 4.78 is 5.51. The van der Waals surface area contributed by atoms with E-state index in [9.17, 15) is 5.11 Å². The van der Waals surface area contributed by atoms with Crippen LogP contribution in [0.25, 0.3) is 11.4 Å². The van der Waals surface area contributed by atoms with Gasteiger partial charge in [0, 0.05) is 0 Å². The molecule has 6 heteroatoms. The van der Waals surface area contributed by atoms with Gasteiger partial charge in [-0.25, -0.2) is 0 Å². The summed E-state index contributed by atoms with van der Waals surface area (Å²) in [5, 5.41) is 13.7. The highest BCUT2D eigenvalue weighted by Gasteiger charge is 2.14. The number of hydrogen-bond donors (Lipinski definition) is 2. The number of aromatic hydroxyl groups is 1. The molecule has 0 amide bonds. The van der Waals surface area contributed by atoms with Gasteiger partial charge in [-0.1, -0.05) is 11.2 Å². The van der Waals surface area contributed by atoms with Gasteiger partial charge in [-0.15, -0.1) is 0 Å². The van der Waals surface area contributed by atoms with Crippen LogP contribution in [-0.4, -0.2) is 15.2 Å². The normalized spacial score (nSPS) is 10.7. The third-order valence-electron chi connectivity index (χ3n) is 2.19. The van der Waals surface area contributed by atoms with Crippen molar-refractivity contribution in [1.82, 2.24) is 10.1 Å². The zero-order valence-electron chi connectivity index (χ0n) is 8.57. The predicted molar refractivity (Wildman–Crippen MR) is 61.7 cm³/mol. The van der Waals surface area contributed by atoms with E-state index in [0.717, 1.165) is 5.56 Å². The van der Waals surface area contributed by atoms with Crippen molar-refractivity contribution in [3.8, 4) is 17.1 Å². The zero-order chi connectivity index (χ0) is 11.7. The summed E-state index contributed by atoms with van der Waals surface area (Å²) in [6.45, 7) is 2.07. The molecule has 16 heavy (non-hydrogen) atoms. The minimum absolute atomic E-state index is 0.101. The van der Waals surface area contributed by atoms with Gasteiger partial charge in [0.05, 0.1) is 16.6 Å². The Balaban J connectivity index is 2.52. The Kier molecular flexibility index (Phi) is 2.93. The van der Waals surface area contributed by atoms with E-state index in [-0.39, 0.29) is 12.3 Å². The van der Waals surface area contributed by atoms with Crippen LogP contribution >= 0.6 is 15.9 Å². The van der Waals surface area contributed by atoms with Crippen LogP contribution in [0.5, 0.6) is 5.75 Å². The number of rotatable bonds is 2. The maximum absolute atomic E-state index is 9.91. The first-order valence-electron chi connectivity index (χ1n) is 4.64. The fourth-order valence-electron chi connectivity index (χ4n) is 1.29. The molecule has 0 spiro atoms. The summed E-state index contributed by atoms with van der Waals surface area (Å²) in [6, 6.07) is 3.60. The molecule has 0 fully saturated rings. The molecule has 2 aromatic rings. The minimum atomic E-state index is 0.101. The molecule has 1 aromatic carbocycles. The number of aryl methyl sites for hydroxylation is 1. The molecule has 0 atom stereocenters. The molecular formula is C10H10BrN3O2. The smallest absolute Gasteiger partial charge is 0.240 e. The van der Waals surface area contributed by atoms with E-state index in [4.69, 9.17) is 10.3 Å². The molecule has 2 rings (SSSR count). The van der Waals surface area contributed by atoms with Gasteiger partial charge in [0.15, 0.2) is 0 Å². The maximum atomic E-state index is 9.91. The van der Waals surface area contributed by atoms with Crippen molar-refractivity contribution < 1.29 is 9.63 Å². The number of nitrogens with two attached hydrogens (primary N) is 1. The topological polar surface area (TPSA) is 85.2 Å². The first kappa shape index (κ1) is 11.1. The van der Waals surface area contributed by atoms with Gasteiger partial charge in [-0.05, 0) is 34.5 Å². The summed E-state index contributed by atoms with van der Waals surface area (Å²) in [6.07, 6.45) is 0. The van der Waals surface area contributed by atoms with Crippen LogP contribution < -0.4 is 5.73 Å². The Hall–Kier alpha value is -1.40. The summed E-state index contributed by atoms with van der Waals surface area (Å²) in [4.78, 5) is 4.05. The van der Waals surface area contributed by atoms with Gasteiger partial charge in [0.25, 0.3) is 0 Å². The highest BCUT2D eigenvalue weighted by Crippen LogP contribution is 2.36. The van der Waals surface area contributed by atoms with E-state index < -0.39 is 0 Å². The lowest BCUT2D eigenvalue weighted by atomic mass is 10.1. The third kappa shape index (κ3) is 1.81. The van der Waals surface area contributed by atoms with Crippen LogP contribution in [0.2, 0.25) is 0 Å². The number of halogens is 1. The van der Waals surface area contributed by atoms with Crippen LogP contribution in [0.1, 0.15) is 11.5 Å². The molecular weight excluding hydrogens is 274 g/mol. The maximum Gasteiger partial charge on any atom is 0.240 e. The number of benzene rings is 1. The second-order valence-corrected chi connectivity index (χ2v) is 4.10. The van der Waals surface area contributed by atoms with Crippen molar-refractivity contribution in [3.63, 3.8) is 0 Å². The average Bonchev–Trinajstić information content (AvgIpc) is 2.74. The Morgan fingerprint density at radius 3 is 2.88 bits per heavy atom. The number of phenols is 1. The van der Waals surface area contributed by atoms with Gasteiger partial charge in [-0.2, -0.15) is 4.98 Å². The van der Waals surface area contributed by atoms with Gasteiger partial charge >= 0.3 is 0 Å². The molecule has 0 unspecified atom stereocenters. The largest absolute Gasteiger partial charge is 0.506 e. The fraction of sp³-hybridized carbons (Fsp3) is 0.200. The number of phenolic OH excluding ortho intramolecular Hbond substituents is 1. The number of hydrogen-bond acceptors (Lipinski definition) is 5. The predicted octanol–water partition coefficient (Wildman–Crippen LogP) is 1.97. The highest BCUT2D eigenvalue weighted by atomic mass is 79.9. The molecule has 0 aliphatic heterocycles. The standard InChI is InChI=1S/C10H10BrN3O2/c1-5-2-3-6(9(15)8(5)11)10-13-7(4-12)16-14-10/h2-3,15H,4,12H2,1H3. The highest BCUT2D eigenvalue weighted by molar-refractivity contribution is 9.10. The van der Waals surface area contributed by atoms with Crippen LogP contribution in [-0.2, 0) is 6.54 Å². The molecule has 1 aromatic heterocycles. The van der Waals surface area contributed by atoms with E-state index in [0.29, 0.717) is 21.8 Å². The number of nitrogens with zero attached hydrogens (tertiary/aromatic N) is 2. The first-order valence-corrected chi connectivity index (χ1v) is 5.44. The monoisotopic (exact) mass is 283 g/mol. The number of aromatic nitrogens is 2. The molecule has 5 nitrogen and oxygen atoms in total. The van der Waals surface area contributed by atoms with E-state index in [1.54, 1.807) is 6.07 Å². The Labute approximate surface area is 100 Å². The molecule has 0 saturated carbocycles. The SMILES string of the molecule is Cc1ccc(-c2noc(CN)n2)c(O)c1Br. The summed E-state index contributed by atoms with van der Waals surface area (Å²) in [5.41, 5.74) is 6.81. The van der Waals surface area contributed by atoms with Gasteiger partial charge in [0.1, 0.15) is 5.75 Å². The van der Waals surface area contributed by atoms with Gasteiger partial charge in [0.2, 0.25) is 11.7 Å². The first-order chi connectivity index (χ1) is 7.63. The van der Waals surface area contributed by atoms with Gasteiger partial charge < -0.3 is 15.4 Å². The molecule has 0 radical (unpaired) electrons. The minimum Gasteiger partial charge on any atom is -0.506 e. The zero-order valence-corrected chi connectivity index (χ0v) is 10.2. The average molecular weight is 284 g/mol. The van der Waals surface area contributed by atoms with Crippen molar-refractivity contribution in [3.05, 3.63) is 28.1 Å². The van der Waals surface area contributed by atoms with E-state index >= 15 is 0 Å². The van der Waals surface area contributed by atoms with Crippen molar-refractivity contribution in [1.29, 1.82) is 0 Å². The van der Waals surface area contributed by atoms with Crippen molar-refractivity contribution >= 4 is 15.9 Å². The molecule has 0 saturated heterocycles. The molecule has 0 aliphatic carbocycles. The Morgan fingerprint density at radius 2 is 2.25 bits per heavy atom. The molecule has 1 heterocycles. The Bertz CT molecular complexity index is 525. The Morgan fingerprint density at radius 1 is 1.50 bits per heavy atom. The second kappa shape index (κ2) is 4.23.